The highest BCUT2D eigenvalue weighted by Gasteiger charge is 2.23. The van der Waals surface area contributed by atoms with Gasteiger partial charge in [-0.1, -0.05) is 184 Å². The number of hydrogen-bond donors (Lipinski definition) is 0. The lowest BCUT2D eigenvalue weighted by Crippen LogP contribution is -2.01. The van der Waals surface area contributed by atoms with E-state index in [9.17, 15) is 0 Å². The van der Waals surface area contributed by atoms with E-state index in [1.807, 2.05) is 65.9 Å². The zero-order chi connectivity index (χ0) is 48.8. The third kappa shape index (κ3) is 7.93. The van der Waals surface area contributed by atoms with Crippen molar-refractivity contribution < 1.29 is 4.42 Å². The summed E-state index contributed by atoms with van der Waals surface area (Å²) in [6.45, 7) is 4.25. The lowest BCUT2D eigenvalue weighted by atomic mass is 9.91. The summed E-state index contributed by atoms with van der Waals surface area (Å²) in [6.07, 6.45) is 9.10. The Morgan fingerprint density at radius 1 is 0.466 bits per heavy atom. The molecule has 14 rings (SSSR count). The maximum absolute atomic E-state index is 6.34. The smallest absolute Gasteiger partial charge is 0.164 e. The standard InChI is InChI=1S/C64H40N4OS.C3H8/c1-3-17-40(18-4-1)46-37-53(43-22-15-21-42(35-43)48-25-9-14-32-59-60(48)52-28-10-13-31-58(52)70-59)61-54(38-46)49-26-7-11-29-55(49)68(61)47-24-16-23-44(36-47)63-65-62(41-19-5-2-6-20-41)66-64(67-63)45-33-34-51-50-27-8-12-30-56(50)69-57(51)39-45;1-3-2/h1-8,10-39H,9H2;3H2,1-2H3. The minimum atomic E-state index is 0.575. The molecule has 4 aromatic heterocycles. The molecule has 1 aliphatic carbocycles. The number of aromatic nitrogens is 4. The van der Waals surface area contributed by atoms with E-state index >= 15 is 0 Å². The zero-order valence-electron chi connectivity index (χ0n) is 40.5. The van der Waals surface area contributed by atoms with Crippen LogP contribution in [0.2, 0.25) is 0 Å². The highest BCUT2D eigenvalue weighted by atomic mass is 32.1. The molecule has 6 heteroatoms. The Balaban J connectivity index is 0.00000168. The Morgan fingerprint density at radius 2 is 1.08 bits per heavy atom. The van der Waals surface area contributed by atoms with Gasteiger partial charge in [-0.15, -0.1) is 11.3 Å². The average molecular weight is 957 g/mol. The predicted octanol–water partition coefficient (Wildman–Crippen LogP) is 18.7. The van der Waals surface area contributed by atoms with E-state index in [0.29, 0.717) is 17.5 Å². The van der Waals surface area contributed by atoms with Gasteiger partial charge in [-0.05, 0) is 101 Å². The Hall–Kier alpha value is -8.97. The van der Waals surface area contributed by atoms with Crippen LogP contribution in [-0.4, -0.2) is 19.5 Å². The van der Waals surface area contributed by atoms with Gasteiger partial charge in [-0.25, -0.2) is 15.0 Å². The molecule has 0 N–H and O–H groups in total. The quantitative estimate of drug-likeness (QED) is 0.160. The van der Waals surface area contributed by atoms with Gasteiger partial charge in [0.05, 0.1) is 11.0 Å². The van der Waals surface area contributed by atoms with Crippen LogP contribution in [0.4, 0.5) is 0 Å². The molecule has 348 valence electrons. The zero-order valence-corrected chi connectivity index (χ0v) is 41.3. The fourth-order valence-corrected chi connectivity index (χ4v) is 11.6. The van der Waals surface area contributed by atoms with Crippen molar-refractivity contribution in [3.63, 3.8) is 0 Å². The first-order valence-electron chi connectivity index (χ1n) is 25.1. The number of nitrogens with zero attached hydrogens (tertiary/aromatic N) is 4. The number of allylic oxidation sites excluding steroid dienone is 2. The molecular weight excluding hydrogens is 909 g/mol. The number of thiophene rings is 1. The van der Waals surface area contributed by atoms with Crippen LogP contribution in [-0.2, 0) is 0 Å². The highest BCUT2D eigenvalue weighted by Crippen LogP contribution is 2.45. The largest absolute Gasteiger partial charge is 0.456 e. The first kappa shape index (κ1) is 44.0. The van der Waals surface area contributed by atoms with Crippen molar-refractivity contribution in [3.8, 4) is 62.1 Å². The van der Waals surface area contributed by atoms with Gasteiger partial charge in [0.15, 0.2) is 17.5 Å². The SMILES string of the molecule is C1=Cc2sc3ccccc3c2C(c2cccc(-c3cc(-c4ccccc4)cc4c5ccccc5n(-c5cccc(-c6nc(-c7ccccc7)nc(-c7ccc8c(c7)oc7ccccc78)n6)c5)c34)c2)=CC1.CCC. The number of benzene rings is 9. The summed E-state index contributed by atoms with van der Waals surface area (Å²) in [4.78, 5) is 16.8. The number of furan rings is 1. The minimum absolute atomic E-state index is 0.575. The minimum Gasteiger partial charge on any atom is -0.456 e. The van der Waals surface area contributed by atoms with Gasteiger partial charge in [-0.2, -0.15) is 0 Å². The maximum Gasteiger partial charge on any atom is 0.164 e. The van der Waals surface area contributed by atoms with E-state index in [4.69, 9.17) is 19.4 Å². The van der Waals surface area contributed by atoms with Gasteiger partial charge in [0, 0.05) is 70.0 Å². The number of rotatable bonds is 7. The molecule has 0 aliphatic heterocycles. The number of hydrogen-bond acceptors (Lipinski definition) is 5. The normalized spacial score (nSPS) is 12.3. The van der Waals surface area contributed by atoms with Gasteiger partial charge >= 0.3 is 0 Å². The van der Waals surface area contributed by atoms with Crippen LogP contribution in [0.5, 0.6) is 0 Å². The molecule has 0 spiro atoms. The van der Waals surface area contributed by atoms with E-state index in [1.54, 1.807) is 0 Å². The van der Waals surface area contributed by atoms with E-state index in [2.05, 4.69) is 194 Å². The summed E-state index contributed by atoms with van der Waals surface area (Å²) in [5, 5.41) is 5.80. The summed E-state index contributed by atoms with van der Waals surface area (Å²) in [5.74, 6) is 1.76. The lowest BCUT2D eigenvalue weighted by Gasteiger charge is -2.16. The van der Waals surface area contributed by atoms with Crippen molar-refractivity contribution in [1.29, 1.82) is 0 Å². The molecule has 0 amide bonds. The second-order valence-electron chi connectivity index (χ2n) is 18.6. The number of para-hydroxylation sites is 2. The molecule has 0 bridgehead atoms. The number of fused-ring (bicyclic) bond motifs is 9. The van der Waals surface area contributed by atoms with E-state index in [-0.39, 0.29) is 0 Å². The molecule has 0 saturated heterocycles. The van der Waals surface area contributed by atoms with Crippen LogP contribution in [0.1, 0.15) is 42.7 Å². The van der Waals surface area contributed by atoms with Crippen LogP contribution < -0.4 is 0 Å². The highest BCUT2D eigenvalue weighted by molar-refractivity contribution is 7.20. The van der Waals surface area contributed by atoms with Crippen molar-refractivity contribution in [1.82, 2.24) is 19.5 Å². The molecule has 13 aromatic rings. The predicted molar refractivity (Wildman–Crippen MR) is 307 cm³/mol. The maximum atomic E-state index is 6.34. The van der Waals surface area contributed by atoms with Crippen molar-refractivity contribution in [2.75, 3.05) is 0 Å². The lowest BCUT2D eigenvalue weighted by molar-refractivity contribution is 0.669. The molecule has 0 radical (unpaired) electrons. The summed E-state index contributed by atoms with van der Waals surface area (Å²) < 4.78 is 10.1. The van der Waals surface area contributed by atoms with Crippen LogP contribution in [0, 0.1) is 0 Å². The molecule has 0 saturated carbocycles. The average Bonchev–Trinajstić information content (AvgIpc) is 4.07. The van der Waals surface area contributed by atoms with Crippen molar-refractivity contribution >= 4 is 76.8 Å². The molecule has 1 aliphatic rings. The third-order valence-electron chi connectivity index (χ3n) is 13.6. The molecule has 9 aromatic carbocycles. The molecule has 0 atom stereocenters. The molecule has 0 unspecified atom stereocenters. The fraction of sp³-hybridized carbons (Fsp3) is 0.0597. The Bertz CT molecular complexity index is 4290. The fourth-order valence-electron chi connectivity index (χ4n) is 10.4. The second kappa shape index (κ2) is 18.7. The van der Waals surface area contributed by atoms with Crippen molar-refractivity contribution in [2.24, 2.45) is 0 Å². The van der Waals surface area contributed by atoms with Gasteiger partial charge in [0.25, 0.3) is 0 Å². The molecule has 0 fully saturated rings. The van der Waals surface area contributed by atoms with E-state index in [1.165, 1.54) is 60.0 Å². The molecule has 4 heterocycles. The van der Waals surface area contributed by atoms with Crippen molar-refractivity contribution in [3.05, 3.63) is 240 Å². The van der Waals surface area contributed by atoms with Gasteiger partial charge in [0.1, 0.15) is 11.2 Å². The topological polar surface area (TPSA) is 56.7 Å². The van der Waals surface area contributed by atoms with Crippen LogP contribution in [0.15, 0.2) is 229 Å². The Labute approximate surface area is 427 Å². The van der Waals surface area contributed by atoms with Crippen LogP contribution in [0.3, 0.4) is 0 Å². The third-order valence-corrected chi connectivity index (χ3v) is 14.8. The molecule has 73 heavy (non-hydrogen) atoms. The first-order chi connectivity index (χ1) is 36.1. The monoisotopic (exact) mass is 956 g/mol. The Morgan fingerprint density at radius 3 is 1.89 bits per heavy atom. The molecule has 5 nitrogen and oxygen atoms in total. The summed E-state index contributed by atoms with van der Waals surface area (Å²) in [5.41, 5.74) is 16.0. The Kier molecular flexibility index (Phi) is 11.2. The van der Waals surface area contributed by atoms with Crippen molar-refractivity contribution in [2.45, 2.75) is 26.7 Å². The van der Waals surface area contributed by atoms with E-state index in [0.717, 1.165) is 72.9 Å². The van der Waals surface area contributed by atoms with Gasteiger partial charge in [-0.3, -0.25) is 0 Å². The van der Waals surface area contributed by atoms with E-state index < -0.39 is 0 Å². The summed E-state index contributed by atoms with van der Waals surface area (Å²) in [6, 6.07) is 75.4. The van der Waals surface area contributed by atoms with Gasteiger partial charge in [0.2, 0.25) is 0 Å². The van der Waals surface area contributed by atoms with Gasteiger partial charge < -0.3 is 8.98 Å². The molecular formula is C67H48N4OS. The summed E-state index contributed by atoms with van der Waals surface area (Å²) in [7, 11) is 0. The summed E-state index contributed by atoms with van der Waals surface area (Å²) >= 11 is 1.87. The van der Waals surface area contributed by atoms with Crippen LogP contribution >= 0.6 is 11.3 Å². The second-order valence-corrected chi connectivity index (χ2v) is 19.6. The first-order valence-corrected chi connectivity index (χ1v) is 25.9. The van der Waals surface area contributed by atoms with Crippen LogP contribution in [0.25, 0.3) is 128 Å².